The Morgan fingerprint density at radius 1 is 0.327 bits per heavy atom. The van der Waals surface area contributed by atoms with Crippen LogP contribution in [0.25, 0.3) is 111 Å². The summed E-state index contributed by atoms with van der Waals surface area (Å²) in [4.78, 5) is 8.71. The fraction of sp³-hybridized carbons (Fsp3) is 0.126. The number of pyridine rings is 1. The lowest BCUT2D eigenvalue weighted by atomic mass is 9.32. The van der Waals surface area contributed by atoms with Gasteiger partial charge in [-0.3, -0.25) is 4.98 Å². The first-order valence-electron chi connectivity index (χ1n) is 44.4. The van der Waals surface area contributed by atoms with Gasteiger partial charge in [0, 0.05) is 90.3 Å². The molecule has 0 N–H and O–H groups in total. The van der Waals surface area contributed by atoms with E-state index in [0.29, 0.717) is 78.3 Å². The number of hydrogen-bond donors (Lipinski definition) is 0. The van der Waals surface area contributed by atoms with Gasteiger partial charge in [0.1, 0.15) is 0 Å². The maximum absolute atomic E-state index is 12.0. The molecule has 13 aromatic carbocycles. The highest BCUT2D eigenvalue weighted by Crippen LogP contribution is 2.56. The molecule has 0 radical (unpaired) electrons. The highest BCUT2D eigenvalue weighted by Gasteiger charge is 2.48. The smallest absolute Gasteiger partial charge is 0.252 e. The second-order valence-electron chi connectivity index (χ2n) is 29.1. The van der Waals surface area contributed by atoms with Crippen LogP contribution in [0, 0.1) is 0 Å². The summed E-state index contributed by atoms with van der Waals surface area (Å²) in [6, 6.07) is 40.5. The zero-order valence-corrected chi connectivity index (χ0v) is 57.1. The van der Waals surface area contributed by atoms with Gasteiger partial charge in [-0.15, -0.1) is 0 Å². The molecule has 0 spiro atoms. The summed E-state index contributed by atoms with van der Waals surface area (Å²) >= 11 is 0. The van der Waals surface area contributed by atoms with Crippen LogP contribution in [0.5, 0.6) is 0 Å². The van der Waals surface area contributed by atoms with Gasteiger partial charge in [0.15, 0.2) is 0 Å². The van der Waals surface area contributed by atoms with Crippen LogP contribution in [0.3, 0.4) is 0 Å². The minimum atomic E-state index is -1.55. The Morgan fingerprint density at radius 3 is 1.07 bits per heavy atom. The summed E-state index contributed by atoms with van der Waals surface area (Å²) in [5, 5.41) is -1.30. The fourth-order valence-corrected chi connectivity index (χ4v) is 14.8. The number of nitrogens with zero attached hydrogens (tertiary/aromatic N) is 5. The molecular formula is C95H78BN5. The Kier molecular flexibility index (Phi) is 9.98. The molecule has 486 valence electrons. The molecule has 0 fully saturated rings. The fourth-order valence-electron chi connectivity index (χ4n) is 14.8. The topological polar surface area (TPSA) is 29.2 Å². The van der Waals surface area contributed by atoms with Gasteiger partial charge in [0.2, 0.25) is 0 Å². The number of fused-ring (bicyclic) bond motifs is 10. The molecule has 2 aliphatic heterocycles. The number of anilines is 6. The van der Waals surface area contributed by atoms with Crippen molar-refractivity contribution in [3.63, 3.8) is 0 Å². The van der Waals surface area contributed by atoms with Gasteiger partial charge in [0.25, 0.3) is 6.71 Å². The molecule has 0 saturated heterocycles. The molecular weight excluding hydrogens is 1220 g/mol. The standard InChI is InChI=1S/C95H78BN5/c1-93(2,3)66-51-76(61-31-14-10-15-32-61)91(77(52-66)62-33-16-11-17-34-62)100-85-58-69(98-81-44-26-22-40-71(81)72-41-23-27-45-82(72)98)48-49-80(85)96-89-75(65-39-30-50-97-60-65)57-70(99-83-46-28-24-42-73(83)74-43-25-29-47-84(74)99)59-88(89)101(87-56-68(95(7,8)9)55-86(100)90(87)96)92-78(63-35-18-12-19-36-63)53-67(94(4,5)6)54-79(92)64-37-20-13-21-38-64/h10-60H,1-9H3/i22D,23D,24D,25D,26D,27D,28D,29D,40D,41D,42D,43D,44D,45D,46D,47D,48D,49D,57D,58D,59D. The van der Waals surface area contributed by atoms with Gasteiger partial charge in [-0.25, -0.2) is 0 Å². The van der Waals surface area contributed by atoms with Gasteiger partial charge in [-0.2, -0.15) is 0 Å². The predicted molar refractivity (Wildman–Crippen MR) is 430 cm³/mol. The van der Waals surface area contributed by atoms with E-state index in [9.17, 15) is 26.0 Å². The Balaban J connectivity index is 1.16. The van der Waals surface area contributed by atoms with Crippen molar-refractivity contribution >= 4 is 101 Å². The second kappa shape index (κ2) is 23.5. The molecule has 0 saturated carbocycles. The van der Waals surface area contributed by atoms with Crippen LogP contribution in [-0.4, -0.2) is 20.8 Å². The monoisotopic (exact) mass is 1320 g/mol. The first-order valence-corrected chi connectivity index (χ1v) is 33.9. The Labute approximate surface area is 622 Å². The molecule has 0 atom stereocenters. The Morgan fingerprint density at radius 2 is 0.683 bits per heavy atom. The number of benzene rings is 13. The van der Waals surface area contributed by atoms with E-state index in [1.165, 1.54) is 17.0 Å². The van der Waals surface area contributed by atoms with Crippen molar-refractivity contribution in [1.29, 1.82) is 0 Å². The molecule has 0 unspecified atom stereocenters. The Bertz CT molecular complexity index is 6970. The first kappa shape index (κ1) is 42.9. The number of hydrogen-bond acceptors (Lipinski definition) is 3. The maximum Gasteiger partial charge on any atom is 0.252 e. The van der Waals surface area contributed by atoms with Crippen LogP contribution >= 0.6 is 0 Å². The molecule has 18 rings (SSSR count). The molecule has 101 heavy (non-hydrogen) atoms. The average Bonchev–Trinajstić information content (AvgIpc) is 0.824. The zero-order chi connectivity index (χ0) is 86.9. The molecule has 0 aliphatic carbocycles. The van der Waals surface area contributed by atoms with Crippen molar-refractivity contribution in [2.45, 2.75) is 78.6 Å². The third-order valence-electron chi connectivity index (χ3n) is 19.8. The normalized spacial score (nSPS) is 15.9. The molecule has 2 aliphatic rings. The van der Waals surface area contributed by atoms with E-state index < -0.39 is 172 Å². The maximum atomic E-state index is 12.0. The van der Waals surface area contributed by atoms with Crippen LogP contribution in [0.1, 0.15) is 108 Å². The molecule has 3 aromatic heterocycles. The lowest BCUT2D eigenvalue weighted by molar-refractivity contribution is 0.590. The number of rotatable bonds is 9. The van der Waals surface area contributed by atoms with Crippen molar-refractivity contribution in [2.75, 3.05) is 9.80 Å². The van der Waals surface area contributed by atoms with E-state index in [0.717, 1.165) is 15.7 Å². The summed E-state index contributed by atoms with van der Waals surface area (Å²) in [6.45, 7) is 17.3. The van der Waals surface area contributed by atoms with Gasteiger partial charge < -0.3 is 18.9 Å². The Hall–Kier alpha value is -11.7. The molecule has 6 heteroatoms. The van der Waals surface area contributed by atoms with Crippen LogP contribution in [-0.2, 0) is 16.2 Å². The quantitative estimate of drug-likeness (QED) is 0.135. The summed E-state index contributed by atoms with van der Waals surface area (Å²) in [5.41, 5.74) is 5.40. The van der Waals surface area contributed by atoms with Gasteiger partial charge in [-0.05, 0) is 174 Å². The minimum absolute atomic E-state index is 0.0177. The predicted octanol–water partition coefficient (Wildman–Crippen LogP) is 23.6. The molecule has 16 aromatic rings. The van der Waals surface area contributed by atoms with Crippen LogP contribution in [0.15, 0.2) is 309 Å². The summed E-state index contributed by atoms with van der Waals surface area (Å²) in [7, 11) is 0. The molecule has 5 nitrogen and oxygen atoms in total. The van der Waals surface area contributed by atoms with Crippen molar-refractivity contribution < 1.29 is 28.8 Å². The summed E-state index contributed by atoms with van der Waals surface area (Å²) in [6.07, 6.45) is 3.05. The van der Waals surface area contributed by atoms with E-state index in [-0.39, 0.29) is 66.0 Å². The third kappa shape index (κ3) is 10.1. The third-order valence-corrected chi connectivity index (χ3v) is 19.8. The van der Waals surface area contributed by atoms with E-state index in [2.05, 4.69) is 65.8 Å². The summed E-state index contributed by atoms with van der Waals surface area (Å²) < 4.78 is 214. The van der Waals surface area contributed by atoms with E-state index in [1.54, 1.807) is 12.1 Å². The van der Waals surface area contributed by atoms with Gasteiger partial charge in [-0.1, -0.05) is 268 Å². The lowest BCUT2D eigenvalue weighted by Crippen LogP contribution is -2.62. The van der Waals surface area contributed by atoms with Crippen molar-refractivity contribution in [3.05, 3.63) is 326 Å². The number of aromatic nitrogens is 3. The van der Waals surface area contributed by atoms with Crippen LogP contribution in [0.4, 0.5) is 34.1 Å². The highest BCUT2D eigenvalue weighted by atomic mass is 15.2. The van der Waals surface area contributed by atoms with Crippen LogP contribution in [0.2, 0.25) is 0 Å². The van der Waals surface area contributed by atoms with E-state index in [1.807, 2.05) is 164 Å². The minimum Gasteiger partial charge on any atom is -0.310 e. The van der Waals surface area contributed by atoms with E-state index in [4.69, 9.17) is 7.73 Å². The highest BCUT2D eigenvalue weighted by molar-refractivity contribution is 7.01. The zero-order valence-electron chi connectivity index (χ0n) is 78.1. The second-order valence-corrected chi connectivity index (χ2v) is 29.1. The van der Waals surface area contributed by atoms with Crippen molar-refractivity contribution in [3.8, 4) is 67.0 Å². The molecule has 0 amide bonds. The lowest BCUT2D eigenvalue weighted by Gasteiger charge is -2.47. The number of para-hydroxylation sites is 4. The van der Waals surface area contributed by atoms with E-state index >= 15 is 0 Å². The average molecular weight is 1320 g/mol. The molecule has 0 bridgehead atoms. The largest absolute Gasteiger partial charge is 0.310 e. The summed E-state index contributed by atoms with van der Waals surface area (Å²) in [5.74, 6) is 0. The SMILES string of the molecule is [2H]c1c([2H])c(-n2c3c([2H])c([2H])c([2H])c([2H])c3c3c([2H])c([2H])c([2H])c([2H])c32)c([2H])c2c1B1c3c(cc(C(C)(C)C)cc3N(c3c(-c4ccccc4)cc(C(C)(C)C)cc3-c3ccccc3)c3c([2H])c(-n4c5c([2H])c([2H])c([2H])c([2H])c5c5c([2H])c([2H])c([2H])c([2H])c54)c([2H])c(-c4cccnc4)c31)N2c1c(-c2ccccc2)cc(C(C)(C)C)cc1-c1ccccc1. The van der Waals surface area contributed by atoms with Gasteiger partial charge in [0.05, 0.1) is 62.2 Å². The van der Waals surface area contributed by atoms with Crippen molar-refractivity contribution in [2.24, 2.45) is 0 Å². The van der Waals surface area contributed by atoms with Crippen LogP contribution < -0.4 is 26.2 Å². The first-order chi connectivity index (χ1) is 57.8. The van der Waals surface area contributed by atoms with Gasteiger partial charge >= 0.3 is 0 Å². The molecule has 5 heterocycles. The van der Waals surface area contributed by atoms with Crippen molar-refractivity contribution in [1.82, 2.24) is 14.1 Å².